The van der Waals surface area contributed by atoms with Gasteiger partial charge in [-0.1, -0.05) is 66.7 Å². The van der Waals surface area contributed by atoms with Crippen molar-refractivity contribution in [2.45, 2.75) is 39.3 Å². The maximum absolute atomic E-state index is 9.94. The first kappa shape index (κ1) is 30.0. The maximum Gasteiger partial charge on any atom is 0.506 e. The van der Waals surface area contributed by atoms with Gasteiger partial charge < -0.3 is 27.7 Å². The van der Waals surface area contributed by atoms with E-state index in [4.69, 9.17) is 12.3 Å². The lowest BCUT2D eigenvalue weighted by molar-refractivity contribution is 0.278. The highest BCUT2D eigenvalue weighted by molar-refractivity contribution is 7.02. The number of benzene rings is 4. The van der Waals surface area contributed by atoms with Gasteiger partial charge in [0.15, 0.2) is 0 Å². The fourth-order valence-electron chi connectivity index (χ4n) is 4.65. The van der Waals surface area contributed by atoms with Gasteiger partial charge in [0.1, 0.15) is 17.2 Å². The summed E-state index contributed by atoms with van der Waals surface area (Å²) in [7, 11) is -11.7. The van der Waals surface area contributed by atoms with E-state index in [2.05, 4.69) is 39.3 Å². The molecule has 10 heteroatoms. The van der Waals surface area contributed by atoms with Gasteiger partial charge in [-0.15, -0.1) is 0 Å². The molecular weight excluding hydrogens is 569 g/mol. The Labute approximate surface area is 241 Å². The SMILES string of the molecule is C[Si](C)(O[Si](O[Si](C)(C)c1ccc(O)cc1)(O[Si](C)(C)c1ccc(O)cc1)c1ccccc1)c1ccc(O)cc1. The van der Waals surface area contributed by atoms with Crippen LogP contribution in [0.4, 0.5) is 0 Å². The quantitative estimate of drug-likeness (QED) is 0.233. The molecule has 0 saturated heterocycles. The number of phenolic OH excluding ortho intramolecular Hbond substituents is 3. The molecule has 0 aliphatic carbocycles. The van der Waals surface area contributed by atoms with Crippen molar-refractivity contribution in [2.75, 3.05) is 0 Å². The zero-order chi connectivity index (χ0) is 29.2. The van der Waals surface area contributed by atoms with Gasteiger partial charge in [0.2, 0.25) is 25.0 Å². The standard InChI is InChI=1S/C30H38O6Si4/c1-37(2,27-18-12-24(31)13-19-27)34-40(30-10-8-7-9-11-30,35-38(3,4)28-20-14-25(32)15-21-28)36-39(5,6)29-22-16-26(33)17-23-29/h7-23,31-33H,1-6H3. The van der Waals surface area contributed by atoms with Crippen LogP contribution in [-0.2, 0) is 12.3 Å². The van der Waals surface area contributed by atoms with Crippen molar-refractivity contribution < 1.29 is 27.7 Å². The predicted molar refractivity (Wildman–Crippen MR) is 171 cm³/mol. The number of aromatic hydroxyl groups is 3. The molecule has 3 N–H and O–H groups in total. The van der Waals surface area contributed by atoms with Crippen LogP contribution in [0.2, 0.25) is 39.3 Å². The smallest absolute Gasteiger partial charge is 0.506 e. The van der Waals surface area contributed by atoms with Crippen molar-refractivity contribution >= 4 is 54.5 Å². The zero-order valence-corrected chi connectivity index (χ0v) is 27.9. The monoisotopic (exact) mass is 606 g/mol. The molecule has 6 nitrogen and oxygen atoms in total. The summed E-state index contributed by atoms with van der Waals surface area (Å²) in [6, 6.07) is 31.6. The van der Waals surface area contributed by atoms with E-state index >= 15 is 0 Å². The van der Waals surface area contributed by atoms with Gasteiger partial charge in [-0.05, 0) is 91.2 Å². The van der Waals surface area contributed by atoms with Gasteiger partial charge in [0.05, 0.1) is 0 Å². The van der Waals surface area contributed by atoms with E-state index in [1.807, 2.05) is 66.7 Å². The third-order valence-corrected chi connectivity index (χ3v) is 22.5. The minimum Gasteiger partial charge on any atom is -0.508 e. The first-order valence-corrected chi connectivity index (χ1v) is 23.7. The fourth-order valence-corrected chi connectivity index (χ4v) is 20.7. The minimum atomic E-state index is -3.67. The number of phenols is 3. The second kappa shape index (κ2) is 11.5. The van der Waals surface area contributed by atoms with Crippen LogP contribution in [-0.4, -0.2) is 49.1 Å². The molecule has 0 saturated carbocycles. The van der Waals surface area contributed by atoms with Crippen LogP contribution in [0.15, 0.2) is 103 Å². The Bertz CT molecular complexity index is 1260. The van der Waals surface area contributed by atoms with Crippen molar-refractivity contribution in [3.05, 3.63) is 103 Å². The third kappa shape index (κ3) is 6.84. The summed E-state index contributed by atoms with van der Waals surface area (Å²) in [5.41, 5.74) is 0. The highest BCUT2D eigenvalue weighted by atomic mass is 28.5. The molecule has 0 bridgehead atoms. The molecule has 0 spiro atoms. The van der Waals surface area contributed by atoms with E-state index in [-0.39, 0.29) is 17.2 Å². The first-order chi connectivity index (χ1) is 18.7. The van der Waals surface area contributed by atoms with E-state index < -0.39 is 33.8 Å². The molecular formula is C30H38O6Si4. The molecule has 4 aromatic rings. The minimum absolute atomic E-state index is 0.203. The Morgan fingerprint density at radius 2 is 0.650 bits per heavy atom. The summed E-state index contributed by atoms with van der Waals surface area (Å²) in [5.74, 6) is 0.609. The third-order valence-electron chi connectivity index (χ3n) is 6.98. The van der Waals surface area contributed by atoms with E-state index in [1.54, 1.807) is 36.4 Å². The van der Waals surface area contributed by atoms with Crippen molar-refractivity contribution in [1.29, 1.82) is 0 Å². The van der Waals surface area contributed by atoms with Gasteiger partial charge >= 0.3 is 8.80 Å². The molecule has 0 radical (unpaired) electrons. The van der Waals surface area contributed by atoms with Gasteiger partial charge in [-0.25, -0.2) is 0 Å². The zero-order valence-electron chi connectivity index (χ0n) is 23.9. The Balaban J connectivity index is 1.89. The lowest BCUT2D eigenvalue weighted by Crippen LogP contribution is -2.72. The highest BCUT2D eigenvalue weighted by Crippen LogP contribution is 2.27. The van der Waals surface area contributed by atoms with Crippen LogP contribution >= 0.6 is 0 Å². The molecule has 0 aromatic heterocycles. The molecule has 40 heavy (non-hydrogen) atoms. The van der Waals surface area contributed by atoms with Crippen LogP contribution in [0.3, 0.4) is 0 Å². The molecule has 0 unspecified atom stereocenters. The lowest BCUT2D eigenvalue weighted by atomic mass is 10.3. The Hall–Kier alpha value is -2.97. The molecule has 4 aromatic carbocycles. The van der Waals surface area contributed by atoms with Crippen LogP contribution in [0.1, 0.15) is 0 Å². The van der Waals surface area contributed by atoms with Crippen LogP contribution in [0, 0.1) is 0 Å². The maximum atomic E-state index is 9.94. The summed E-state index contributed by atoms with van der Waals surface area (Å²) in [4.78, 5) is 0. The van der Waals surface area contributed by atoms with Gasteiger partial charge in [0.25, 0.3) is 0 Å². The van der Waals surface area contributed by atoms with E-state index in [1.165, 1.54) is 0 Å². The Morgan fingerprint density at radius 3 is 0.925 bits per heavy atom. The van der Waals surface area contributed by atoms with Crippen molar-refractivity contribution in [1.82, 2.24) is 0 Å². The highest BCUT2D eigenvalue weighted by Gasteiger charge is 2.55. The van der Waals surface area contributed by atoms with Crippen LogP contribution < -0.4 is 20.7 Å². The van der Waals surface area contributed by atoms with E-state index in [0.29, 0.717) is 0 Å². The number of rotatable bonds is 10. The van der Waals surface area contributed by atoms with E-state index in [0.717, 1.165) is 20.7 Å². The van der Waals surface area contributed by atoms with Crippen molar-refractivity contribution in [3.8, 4) is 17.2 Å². The van der Waals surface area contributed by atoms with Crippen LogP contribution in [0.5, 0.6) is 17.2 Å². The second-order valence-corrected chi connectivity index (χ2v) is 26.3. The van der Waals surface area contributed by atoms with Crippen LogP contribution in [0.25, 0.3) is 0 Å². The number of hydrogen-bond donors (Lipinski definition) is 3. The predicted octanol–water partition coefficient (Wildman–Crippen LogP) is 4.34. The topological polar surface area (TPSA) is 88.4 Å². The molecule has 0 aliphatic heterocycles. The Kier molecular flexibility index (Phi) is 8.62. The lowest BCUT2D eigenvalue weighted by Gasteiger charge is -2.45. The summed E-state index contributed by atoms with van der Waals surface area (Å²) >= 11 is 0. The fraction of sp³-hybridized carbons (Fsp3) is 0.200. The first-order valence-electron chi connectivity index (χ1n) is 13.3. The van der Waals surface area contributed by atoms with E-state index in [9.17, 15) is 15.3 Å². The van der Waals surface area contributed by atoms with Gasteiger partial charge in [-0.2, -0.15) is 0 Å². The molecule has 0 heterocycles. The number of hydrogen-bond acceptors (Lipinski definition) is 6. The van der Waals surface area contributed by atoms with Gasteiger partial charge in [0, 0.05) is 5.19 Å². The van der Waals surface area contributed by atoms with Gasteiger partial charge in [-0.3, -0.25) is 0 Å². The molecule has 0 atom stereocenters. The molecule has 0 amide bonds. The van der Waals surface area contributed by atoms with Crippen molar-refractivity contribution in [2.24, 2.45) is 0 Å². The molecule has 0 aliphatic rings. The second-order valence-electron chi connectivity index (χ2n) is 11.4. The van der Waals surface area contributed by atoms with Crippen molar-refractivity contribution in [3.63, 3.8) is 0 Å². The average molecular weight is 607 g/mol. The largest absolute Gasteiger partial charge is 0.508 e. The average Bonchev–Trinajstić information content (AvgIpc) is 2.89. The summed E-state index contributed by atoms with van der Waals surface area (Å²) in [6.07, 6.45) is 0. The summed E-state index contributed by atoms with van der Waals surface area (Å²) < 4.78 is 22.0. The summed E-state index contributed by atoms with van der Waals surface area (Å²) in [5, 5.41) is 33.7. The molecule has 0 fully saturated rings. The Morgan fingerprint density at radius 1 is 0.375 bits per heavy atom. The molecule has 4 rings (SSSR count). The summed E-state index contributed by atoms with van der Waals surface area (Å²) in [6.45, 7) is 12.8. The normalized spacial score (nSPS) is 12.8. The molecule has 210 valence electrons.